The second-order valence-corrected chi connectivity index (χ2v) is 7.13. The monoisotopic (exact) mass is 326 g/mol. The van der Waals surface area contributed by atoms with E-state index in [4.69, 9.17) is 0 Å². The minimum absolute atomic E-state index is 0.0979. The molecule has 0 aliphatic heterocycles. The quantitative estimate of drug-likeness (QED) is 0.843. The predicted molar refractivity (Wildman–Crippen MR) is 95.5 cm³/mol. The van der Waals surface area contributed by atoms with Gasteiger partial charge < -0.3 is 5.32 Å². The molecule has 1 heterocycles. The summed E-state index contributed by atoms with van der Waals surface area (Å²) in [7, 11) is 0. The Morgan fingerprint density at radius 1 is 1.26 bits per heavy atom. The van der Waals surface area contributed by atoms with Gasteiger partial charge in [-0.15, -0.1) is 0 Å². The van der Waals surface area contributed by atoms with Crippen LogP contribution in [0.5, 0.6) is 0 Å². The molecule has 1 atom stereocenters. The molecule has 1 aromatic carbocycles. The first-order valence-corrected chi connectivity index (χ1v) is 9.22. The van der Waals surface area contributed by atoms with Crippen LogP contribution in [0.2, 0.25) is 0 Å². The fraction of sp³-hybridized carbons (Fsp3) is 0.368. The van der Waals surface area contributed by atoms with Gasteiger partial charge in [-0.3, -0.25) is 9.78 Å². The number of nitrogens with zero attached hydrogens (tertiary/aromatic N) is 1. The van der Waals surface area contributed by atoms with Crippen LogP contribution in [0, 0.1) is 12.8 Å². The van der Waals surface area contributed by atoms with Gasteiger partial charge in [0.05, 0.1) is 11.8 Å². The summed E-state index contributed by atoms with van der Waals surface area (Å²) in [6.45, 7) is 2.08. The third-order valence-corrected chi connectivity index (χ3v) is 5.30. The number of pyridine rings is 1. The fourth-order valence-corrected chi connectivity index (χ4v) is 3.67. The van der Waals surface area contributed by atoms with E-state index in [0.717, 1.165) is 22.8 Å². The first-order valence-electron chi connectivity index (χ1n) is 8.06. The Morgan fingerprint density at radius 3 is 2.70 bits per heavy atom. The van der Waals surface area contributed by atoms with E-state index in [1.165, 1.54) is 18.4 Å². The van der Waals surface area contributed by atoms with Crippen molar-refractivity contribution >= 4 is 17.7 Å². The maximum Gasteiger partial charge on any atom is 0.230 e. The molecular formula is C19H22N2OS. The minimum atomic E-state index is -0.117. The van der Waals surface area contributed by atoms with Crippen LogP contribution < -0.4 is 5.32 Å². The van der Waals surface area contributed by atoms with E-state index in [2.05, 4.69) is 29.4 Å². The number of benzene rings is 1. The van der Waals surface area contributed by atoms with E-state index in [1.54, 1.807) is 24.2 Å². The minimum Gasteiger partial charge on any atom is -0.344 e. The third-order valence-electron chi connectivity index (χ3n) is 4.13. The highest BCUT2D eigenvalue weighted by atomic mass is 32.2. The number of thioether (sulfide) groups is 1. The van der Waals surface area contributed by atoms with Crippen molar-refractivity contribution in [2.75, 3.05) is 11.5 Å². The topological polar surface area (TPSA) is 42.0 Å². The molecule has 3 nitrogen and oxygen atoms in total. The molecule has 4 heteroatoms. The van der Waals surface area contributed by atoms with Crippen molar-refractivity contribution in [3.63, 3.8) is 0 Å². The van der Waals surface area contributed by atoms with E-state index in [9.17, 15) is 4.79 Å². The summed E-state index contributed by atoms with van der Waals surface area (Å²) in [5.74, 6) is 2.59. The van der Waals surface area contributed by atoms with Crippen LogP contribution in [0.15, 0.2) is 48.8 Å². The first-order chi connectivity index (χ1) is 11.2. The largest absolute Gasteiger partial charge is 0.344 e. The van der Waals surface area contributed by atoms with Crippen LogP contribution in [-0.4, -0.2) is 22.4 Å². The molecule has 0 radical (unpaired) electrons. The SMILES string of the molecule is Cc1ccccc1[C@@H](NC(=O)CSCC1CC1)c1ccncc1. The fourth-order valence-electron chi connectivity index (χ4n) is 2.61. The van der Waals surface area contributed by atoms with Gasteiger partial charge in [-0.05, 0) is 60.3 Å². The molecule has 1 N–H and O–H groups in total. The summed E-state index contributed by atoms with van der Waals surface area (Å²) >= 11 is 1.74. The summed E-state index contributed by atoms with van der Waals surface area (Å²) in [6.07, 6.45) is 6.21. The van der Waals surface area contributed by atoms with Gasteiger partial charge in [0.25, 0.3) is 0 Å². The Balaban J connectivity index is 1.72. The lowest BCUT2D eigenvalue weighted by molar-refractivity contribution is -0.119. The highest BCUT2D eigenvalue weighted by Gasteiger charge is 2.22. The van der Waals surface area contributed by atoms with E-state index in [0.29, 0.717) is 5.75 Å². The number of nitrogens with one attached hydrogen (secondary N) is 1. The summed E-state index contributed by atoms with van der Waals surface area (Å²) in [4.78, 5) is 16.4. The number of carbonyl (C=O) groups excluding carboxylic acids is 1. The molecule has 0 bridgehead atoms. The molecular weight excluding hydrogens is 304 g/mol. The highest BCUT2D eigenvalue weighted by Crippen LogP contribution is 2.32. The number of carbonyl (C=O) groups is 1. The lowest BCUT2D eigenvalue weighted by atomic mass is 9.95. The van der Waals surface area contributed by atoms with Crippen molar-refractivity contribution in [2.24, 2.45) is 5.92 Å². The van der Waals surface area contributed by atoms with Gasteiger partial charge in [0.2, 0.25) is 5.91 Å². The Kier molecular flexibility index (Phi) is 5.34. The van der Waals surface area contributed by atoms with Crippen LogP contribution >= 0.6 is 11.8 Å². The van der Waals surface area contributed by atoms with Crippen LogP contribution in [0.4, 0.5) is 0 Å². The summed E-state index contributed by atoms with van der Waals surface area (Å²) in [5, 5.41) is 3.20. The highest BCUT2D eigenvalue weighted by molar-refractivity contribution is 7.99. The van der Waals surface area contributed by atoms with Gasteiger partial charge in [-0.1, -0.05) is 24.3 Å². The van der Waals surface area contributed by atoms with Crippen LogP contribution in [0.25, 0.3) is 0 Å². The van der Waals surface area contributed by atoms with Gasteiger partial charge in [-0.25, -0.2) is 0 Å². The molecule has 1 fully saturated rings. The van der Waals surface area contributed by atoms with Crippen molar-refractivity contribution in [1.82, 2.24) is 10.3 Å². The Labute approximate surface area is 141 Å². The zero-order valence-corrected chi connectivity index (χ0v) is 14.2. The maximum atomic E-state index is 12.4. The zero-order chi connectivity index (χ0) is 16.1. The van der Waals surface area contributed by atoms with Crippen molar-refractivity contribution in [3.8, 4) is 0 Å². The molecule has 1 aromatic heterocycles. The second kappa shape index (κ2) is 7.64. The first kappa shape index (κ1) is 16.1. The number of hydrogen-bond acceptors (Lipinski definition) is 3. The van der Waals surface area contributed by atoms with E-state index in [1.807, 2.05) is 24.3 Å². The third kappa shape index (κ3) is 4.58. The van der Waals surface area contributed by atoms with Crippen LogP contribution in [-0.2, 0) is 4.79 Å². The Morgan fingerprint density at radius 2 is 2.00 bits per heavy atom. The van der Waals surface area contributed by atoms with E-state index in [-0.39, 0.29) is 11.9 Å². The van der Waals surface area contributed by atoms with Crippen molar-refractivity contribution in [1.29, 1.82) is 0 Å². The molecule has 3 rings (SSSR count). The number of hydrogen-bond donors (Lipinski definition) is 1. The summed E-state index contributed by atoms with van der Waals surface area (Å²) < 4.78 is 0. The molecule has 0 saturated heterocycles. The smallest absolute Gasteiger partial charge is 0.230 e. The molecule has 1 aliphatic carbocycles. The van der Waals surface area contributed by atoms with Gasteiger partial charge in [-0.2, -0.15) is 11.8 Å². The summed E-state index contributed by atoms with van der Waals surface area (Å²) in [6, 6.07) is 12.0. The molecule has 2 aromatic rings. The number of rotatable bonds is 7. The summed E-state index contributed by atoms with van der Waals surface area (Å²) in [5.41, 5.74) is 3.38. The predicted octanol–water partition coefficient (Wildman–Crippen LogP) is 3.74. The standard InChI is InChI=1S/C19H22N2OS/c1-14-4-2-3-5-17(14)19(16-8-10-20-11-9-16)21-18(22)13-23-12-15-6-7-15/h2-5,8-11,15,19H,6-7,12-13H2,1H3,(H,21,22)/t19-/m0/s1. The molecule has 23 heavy (non-hydrogen) atoms. The van der Waals surface area contributed by atoms with Crippen LogP contribution in [0.3, 0.4) is 0 Å². The van der Waals surface area contributed by atoms with Gasteiger partial charge in [0.15, 0.2) is 0 Å². The second-order valence-electron chi connectivity index (χ2n) is 6.10. The zero-order valence-electron chi connectivity index (χ0n) is 13.4. The lowest BCUT2D eigenvalue weighted by Crippen LogP contribution is -2.31. The molecule has 120 valence electrons. The molecule has 1 aliphatic rings. The Bertz CT molecular complexity index is 655. The molecule has 0 unspecified atom stereocenters. The molecule has 0 spiro atoms. The van der Waals surface area contributed by atoms with Crippen molar-refractivity contribution in [3.05, 3.63) is 65.5 Å². The maximum absolute atomic E-state index is 12.4. The van der Waals surface area contributed by atoms with E-state index >= 15 is 0 Å². The van der Waals surface area contributed by atoms with Crippen molar-refractivity contribution in [2.45, 2.75) is 25.8 Å². The van der Waals surface area contributed by atoms with Gasteiger partial charge >= 0.3 is 0 Å². The normalized spacial score (nSPS) is 15.2. The molecule has 1 amide bonds. The number of amides is 1. The van der Waals surface area contributed by atoms with E-state index < -0.39 is 0 Å². The Hall–Kier alpha value is -1.81. The average Bonchev–Trinajstić information content (AvgIpc) is 3.39. The lowest BCUT2D eigenvalue weighted by Gasteiger charge is -2.21. The van der Waals surface area contributed by atoms with Crippen LogP contribution in [0.1, 0.15) is 35.6 Å². The molecule has 1 saturated carbocycles. The number of aryl methyl sites for hydroxylation is 1. The van der Waals surface area contributed by atoms with Gasteiger partial charge in [0.1, 0.15) is 0 Å². The average molecular weight is 326 g/mol. The van der Waals surface area contributed by atoms with Gasteiger partial charge in [0, 0.05) is 12.4 Å². The van der Waals surface area contributed by atoms with Crippen molar-refractivity contribution < 1.29 is 4.79 Å². The number of aromatic nitrogens is 1.